The second-order valence-corrected chi connectivity index (χ2v) is 7.73. The van der Waals surface area contributed by atoms with Crippen LogP contribution in [-0.2, 0) is 15.1 Å². The minimum atomic E-state index is -1.71. The van der Waals surface area contributed by atoms with Gasteiger partial charge in [-0.05, 0) is 43.3 Å². The zero-order valence-electron chi connectivity index (χ0n) is 16.6. The molecule has 0 aromatic heterocycles. The Morgan fingerprint density at radius 2 is 1.83 bits per heavy atom. The zero-order valence-corrected chi connectivity index (χ0v) is 18.1. The SMILES string of the molecule is CN(C)C(=O)COc1c(Cl)cc(Cl)cc1C(C)(Nc1ccc(C(=N)N)cc1)C(=O)O. The van der Waals surface area contributed by atoms with E-state index in [0.717, 1.165) is 0 Å². The molecule has 160 valence electrons. The quantitative estimate of drug-likeness (QED) is 0.359. The maximum Gasteiger partial charge on any atom is 0.333 e. The highest BCUT2D eigenvalue weighted by Gasteiger charge is 2.39. The molecule has 0 aliphatic rings. The zero-order chi connectivity index (χ0) is 22.6. The Hall–Kier alpha value is -2.97. The number of amidine groups is 1. The van der Waals surface area contributed by atoms with Crippen LogP contribution in [0.5, 0.6) is 5.75 Å². The summed E-state index contributed by atoms with van der Waals surface area (Å²) in [4.78, 5) is 25.6. The van der Waals surface area contributed by atoms with E-state index >= 15 is 0 Å². The summed E-state index contributed by atoms with van der Waals surface area (Å²) >= 11 is 12.4. The number of rotatable bonds is 8. The summed E-state index contributed by atoms with van der Waals surface area (Å²) in [5.74, 6) is -1.61. The third-order valence-corrected chi connectivity index (χ3v) is 4.90. The average Bonchev–Trinajstić information content (AvgIpc) is 2.66. The van der Waals surface area contributed by atoms with Gasteiger partial charge in [0, 0.05) is 35.9 Å². The molecule has 0 spiro atoms. The second-order valence-electron chi connectivity index (χ2n) is 6.89. The molecule has 0 saturated heterocycles. The van der Waals surface area contributed by atoms with Crippen molar-refractivity contribution in [1.82, 2.24) is 4.90 Å². The lowest BCUT2D eigenvalue weighted by molar-refractivity contribution is -0.142. The number of nitrogens with one attached hydrogen (secondary N) is 2. The van der Waals surface area contributed by atoms with E-state index in [9.17, 15) is 14.7 Å². The van der Waals surface area contributed by atoms with Crippen LogP contribution in [0.25, 0.3) is 0 Å². The van der Waals surface area contributed by atoms with Crippen molar-refractivity contribution in [3.63, 3.8) is 0 Å². The van der Waals surface area contributed by atoms with Gasteiger partial charge in [-0.1, -0.05) is 23.2 Å². The first-order valence-corrected chi connectivity index (χ1v) is 9.49. The van der Waals surface area contributed by atoms with Crippen LogP contribution in [0.1, 0.15) is 18.1 Å². The Morgan fingerprint density at radius 3 is 2.33 bits per heavy atom. The number of carbonyl (C=O) groups excluding carboxylic acids is 1. The van der Waals surface area contributed by atoms with E-state index < -0.39 is 11.5 Å². The molecule has 0 bridgehead atoms. The molecule has 0 aliphatic heterocycles. The van der Waals surface area contributed by atoms with Crippen molar-refractivity contribution in [2.24, 2.45) is 5.73 Å². The van der Waals surface area contributed by atoms with Crippen molar-refractivity contribution >= 4 is 46.6 Å². The molecule has 0 heterocycles. The molecule has 1 atom stereocenters. The van der Waals surface area contributed by atoms with Gasteiger partial charge in [-0.15, -0.1) is 0 Å². The first-order valence-electron chi connectivity index (χ1n) is 8.74. The molecule has 1 unspecified atom stereocenters. The van der Waals surface area contributed by atoms with E-state index in [1.165, 1.54) is 24.0 Å². The minimum Gasteiger partial charge on any atom is -0.482 e. The number of halogens is 2. The molecule has 2 aromatic rings. The van der Waals surface area contributed by atoms with E-state index in [2.05, 4.69) is 5.32 Å². The van der Waals surface area contributed by atoms with Gasteiger partial charge in [-0.3, -0.25) is 10.2 Å². The number of likely N-dealkylation sites (N-methyl/N-ethyl adjacent to an activating group) is 1. The number of anilines is 1. The topological polar surface area (TPSA) is 129 Å². The summed E-state index contributed by atoms with van der Waals surface area (Å²) in [5.41, 5.74) is 4.85. The van der Waals surface area contributed by atoms with Gasteiger partial charge in [-0.2, -0.15) is 0 Å². The van der Waals surface area contributed by atoms with Crippen LogP contribution in [0.4, 0.5) is 5.69 Å². The summed E-state index contributed by atoms with van der Waals surface area (Å²) in [6.07, 6.45) is 0. The van der Waals surface area contributed by atoms with E-state index in [1.807, 2.05) is 0 Å². The summed E-state index contributed by atoms with van der Waals surface area (Å²) in [5, 5.41) is 20.7. The van der Waals surface area contributed by atoms with Gasteiger partial charge in [0.25, 0.3) is 5.91 Å². The number of benzene rings is 2. The highest BCUT2D eigenvalue weighted by atomic mass is 35.5. The van der Waals surface area contributed by atoms with Crippen molar-refractivity contribution in [2.45, 2.75) is 12.5 Å². The summed E-state index contributed by atoms with van der Waals surface area (Å²) < 4.78 is 5.60. The van der Waals surface area contributed by atoms with Crippen LogP contribution in [0.3, 0.4) is 0 Å². The number of carboxylic acids is 1. The van der Waals surface area contributed by atoms with E-state index in [4.69, 9.17) is 39.1 Å². The number of aliphatic carboxylic acids is 1. The summed E-state index contributed by atoms with van der Waals surface area (Å²) in [7, 11) is 3.15. The highest BCUT2D eigenvalue weighted by molar-refractivity contribution is 6.35. The molecule has 0 radical (unpaired) electrons. The molecule has 0 fully saturated rings. The number of hydrogen-bond acceptors (Lipinski definition) is 5. The maximum absolute atomic E-state index is 12.3. The number of nitrogen functional groups attached to an aromatic ring is 1. The number of nitrogens with two attached hydrogens (primary N) is 1. The average molecular weight is 453 g/mol. The Labute approximate surface area is 184 Å². The van der Waals surface area contributed by atoms with Crippen LogP contribution >= 0.6 is 23.2 Å². The molecule has 30 heavy (non-hydrogen) atoms. The molecule has 5 N–H and O–H groups in total. The number of hydrogen-bond donors (Lipinski definition) is 4. The molecule has 10 heteroatoms. The third-order valence-electron chi connectivity index (χ3n) is 4.40. The normalized spacial score (nSPS) is 12.6. The Morgan fingerprint density at radius 1 is 1.23 bits per heavy atom. The fourth-order valence-electron chi connectivity index (χ4n) is 2.60. The smallest absolute Gasteiger partial charge is 0.333 e. The van der Waals surface area contributed by atoms with E-state index in [-0.39, 0.29) is 39.7 Å². The van der Waals surface area contributed by atoms with Gasteiger partial charge in [0.2, 0.25) is 0 Å². The number of nitrogens with zero attached hydrogens (tertiary/aromatic N) is 1. The lowest BCUT2D eigenvalue weighted by Crippen LogP contribution is -2.41. The first kappa shape index (κ1) is 23.3. The number of carbonyl (C=O) groups is 2. The van der Waals surface area contributed by atoms with Crippen molar-refractivity contribution < 1.29 is 19.4 Å². The summed E-state index contributed by atoms with van der Waals surface area (Å²) in [6, 6.07) is 9.20. The lowest BCUT2D eigenvalue weighted by atomic mass is 9.90. The van der Waals surface area contributed by atoms with Crippen molar-refractivity contribution in [3.05, 3.63) is 57.6 Å². The number of amides is 1. The Bertz CT molecular complexity index is 980. The highest BCUT2D eigenvalue weighted by Crippen LogP contribution is 2.40. The fraction of sp³-hybridized carbons (Fsp3) is 0.250. The molecule has 0 saturated carbocycles. The predicted molar refractivity (Wildman–Crippen MR) is 117 cm³/mol. The Balaban J connectivity index is 2.50. The molecule has 2 rings (SSSR count). The monoisotopic (exact) mass is 452 g/mol. The van der Waals surface area contributed by atoms with Gasteiger partial charge < -0.3 is 25.8 Å². The van der Waals surface area contributed by atoms with Crippen molar-refractivity contribution in [2.75, 3.05) is 26.0 Å². The van der Waals surface area contributed by atoms with Crippen molar-refractivity contribution in [3.8, 4) is 5.75 Å². The van der Waals surface area contributed by atoms with Crippen LogP contribution in [0.15, 0.2) is 36.4 Å². The minimum absolute atomic E-state index is 0.0361. The van der Waals surface area contributed by atoms with Gasteiger partial charge >= 0.3 is 5.97 Å². The van der Waals surface area contributed by atoms with Crippen LogP contribution in [-0.4, -0.2) is 48.4 Å². The van der Waals surface area contributed by atoms with E-state index in [0.29, 0.717) is 11.3 Å². The van der Waals surface area contributed by atoms with Crippen LogP contribution in [0, 0.1) is 5.41 Å². The molecule has 8 nitrogen and oxygen atoms in total. The lowest BCUT2D eigenvalue weighted by Gasteiger charge is -2.30. The molecule has 0 aliphatic carbocycles. The van der Waals surface area contributed by atoms with E-state index in [1.54, 1.807) is 38.4 Å². The van der Waals surface area contributed by atoms with Gasteiger partial charge in [0.15, 0.2) is 12.1 Å². The summed E-state index contributed by atoms with van der Waals surface area (Å²) in [6.45, 7) is 1.10. The number of ether oxygens (including phenoxy) is 1. The number of carboxylic acid groups (broad SMARTS) is 1. The predicted octanol–water partition coefficient (Wildman–Crippen LogP) is 3.16. The van der Waals surface area contributed by atoms with Crippen LogP contribution < -0.4 is 15.8 Å². The van der Waals surface area contributed by atoms with Crippen molar-refractivity contribution in [1.29, 1.82) is 5.41 Å². The fourth-order valence-corrected chi connectivity index (χ4v) is 3.15. The first-order chi connectivity index (χ1) is 14.0. The van der Waals surface area contributed by atoms with Gasteiger partial charge in [0.1, 0.15) is 11.6 Å². The van der Waals surface area contributed by atoms with Gasteiger partial charge in [-0.25, -0.2) is 4.79 Å². The molecule has 2 aromatic carbocycles. The molecular weight excluding hydrogens is 431 g/mol. The molecular formula is C20H22Cl2N4O4. The standard InChI is InChI=1S/C20H22Cl2N4O4/c1-20(19(28)29,25-13-6-4-11(5-7-13)18(23)24)14-8-12(21)9-15(22)17(14)30-10-16(27)26(2)3/h4-9,25H,10H2,1-3H3,(H3,23,24)(H,28,29). The maximum atomic E-state index is 12.3. The third kappa shape index (κ3) is 5.14. The largest absolute Gasteiger partial charge is 0.482 e. The second kappa shape index (κ2) is 9.23. The van der Waals surface area contributed by atoms with Crippen LogP contribution in [0.2, 0.25) is 10.0 Å². The van der Waals surface area contributed by atoms with Gasteiger partial charge in [0.05, 0.1) is 5.02 Å². The molecule has 1 amide bonds. The Kier molecular flexibility index (Phi) is 7.17.